The molecular formula is C10H17NO2S. The van der Waals surface area contributed by atoms with Gasteiger partial charge in [-0.05, 0) is 17.9 Å². The highest BCUT2D eigenvalue weighted by atomic mass is 32.2. The van der Waals surface area contributed by atoms with Crippen LogP contribution in [-0.4, -0.2) is 41.7 Å². The second-order valence-electron chi connectivity index (χ2n) is 3.87. The van der Waals surface area contributed by atoms with E-state index in [-0.39, 0.29) is 18.1 Å². The molecule has 0 bridgehead atoms. The van der Waals surface area contributed by atoms with Gasteiger partial charge in [0.05, 0.1) is 6.42 Å². The first-order valence-electron chi connectivity index (χ1n) is 4.92. The average Bonchev–Trinajstić information content (AvgIpc) is 2.10. The number of Topliss-reactive ketones (excluding diaryl/α,β-unsaturated/α-hetero) is 1. The lowest BCUT2D eigenvalue weighted by Crippen LogP contribution is -2.41. The van der Waals surface area contributed by atoms with E-state index < -0.39 is 0 Å². The van der Waals surface area contributed by atoms with Crippen LogP contribution in [0.25, 0.3) is 0 Å². The molecule has 0 aromatic carbocycles. The summed E-state index contributed by atoms with van der Waals surface area (Å²) in [5.74, 6) is 1.68. The van der Waals surface area contributed by atoms with Crippen molar-refractivity contribution in [1.29, 1.82) is 0 Å². The number of hydrogen-bond acceptors (Lipinski definition) is 3. The highest BCUT2D eigenvalue weighted by Crippen LogP contribution is 2.12. The zero-order chi connectivity index (χ0) is 10.6. The first-order valence-corrected chi connectivity index (χ1v) is 6.31. The molecule has 0 aromatic heterocycles. The van der Waals surface area contributed by atoms with Crippen LogP contribution >= 0.6 is 11.8 Å². The molecule has 1 atom stereocenters. The van der Waals surface area contributed by atoms with Crippen LogP contribution in [0.3, 0.4) is 0 Å². The summed E-state index contributed by atoms with van der Waals surface area (Å²) < 4.78 is 0. The summed E-state index contributed by atoms with van der Waals surface area (Å²) in [6, 6.07) is 0. The molecule has 1 unspecified atom stereocenters. The Morgan fingerprint density at radius 1 is 1.50 bits per heavy atom. The Morgan fingerprint density at radius 3 is 2.79 bits per heavy atom. The van der Waals surface area contributed by atoms with Crippen LogP contribution in [0.1, 0.15) is 19.8 Å². The zero-order valence-electron chi connectivity index (χ0n) is 8.78. The van der Waals surface area contributed by atoms with Crippen molar-refractivity contribution in [1.82, 2.24) is 4.90 Å². The molecule has 0 spiro atoms. The van der Waals surface area contributed by atoms with Gasteiger partial charge in [0.25, 0.3) is 0 Å². The van der Waals surface area contributed by atoms with Crippen molar-refractivity contribution < 1.29 is 9.59 Å². The Morgan fingerprint density at radius 2 is 2.21 bits per heavy atom. The fraction of sp³-hybridized carbons (Fsp3) is 0.800. The summed E-state index contributed by atoms with van der Waals surface area (Å²) in [7, 11) is 0. The Balaban J connectivity index is 2.37. The van der Waals surface area contributed by atoms with Gasteiger partial charge < -0.3 is 4.90 Å². The standard InChI is InChI=1S/C10H17NO2S/c1-8(7-14-2)6-11-4-3-9(12)5-10(11)13/h8H,3-7H2,1-2H3. The van der Waals surface area contributed by atoms with E-state index in [0.717, 1.165) is 12.3 Å². The molecule has 0 aliphatic carbocycles. The van der Waals surface area contributed by atoms with E-state index in [0.29, 0.717) is 18.9 Å². The van der Waals surface area contributed by atoms with Gasteiger partial charge in [-0.1, -0.05) is 6.92 Å². The number of ketones is 1. The quantitative estimate of drug-likeness (QED) is 0.661. The fourth-order valence-corrected chi connectivity index (χ4v) is 2.33. The second-order valence-corrected chi connectivity index (χ2v) is 4.78. The van der Waals surface area contributed by atoms with Gasteiger partial charge >= 0.3 is 0 Å². The van der Waals surface area contributed by atoms with Crippen molar-refractivity contribution in [3.8, 4) is 0 Å². The fourth-order valence-electron chi connectivity index (χ4n) is 1.66. The van der Waals surface area contributed by atoms with Gasteiger partial charge in [0.2, 0.25) is 5.91 Å². The molecule has 1 aliphatic heterocycles. The summed E-state index contributed by atoms with van der Waals surface area (Å²) in [5.41, 5.74) is 0. The van der Waals surface area contributed by atoms with Crippen molar-refractivity contribution >= 4 is 23.5 Å². The lowest BCUT2D eigenvalue weighted by molar-refractivity contribution is -0.139. The molecule has 0 saturated carbocycles. The summed E-state index contributed by atoms with van der Waals surface area (Å²) >= 11 is 1.80. The maximum Gasteiger partial charge on any atom is 0.230 e. The van der Waals surface area contributed by atoms with Crippen molar-refractivity contribution in [2.75, 3.05) is 25.1 Å². The molecule has 1 fully saturated rings. The maximum absolute atomic E-state index is 11.4. The minimum absolute atomic E-state index is 0.00852. The highest BCUT2D eigenvalue weighted by Gasteiger charge is 2.24. The second kappa shape index (κ2) is 5.39. The maximum atomic E-state index is 11.4. The Kier molecular flexibility index (Phi) is 4.45. The highest BCUT2D eigenvalue weighted by molar-refractivity contribution is 7.98. The van der Waals surface area contributed by atoms with E-state index in [1.54, 1.807) is 11.8 Å². The zero-order valence-corrected chi connectivity index (χ0v) is 9.60. The summed E-state index contributed by atoms with van der Waals surface area (Å²) in [6.45, 7) is 3.56. The first kappa shape index (κ1) is 11.6. The molecule has 1 aliphatic rings. The molecule has 4 heteroatoms. The van der Waals surface area contributed by atoms with Gasteiger partial charge in [0.15, 0.2) is 0 Å². The van der Waals surface area contributed by atoms with E-state index >= 15 is 0 Å². The van der Waals surface area contributed by atoms with Gasteiger partial charge in [-0.15, -0.1) is 0 Å². The van der Waals surface area contributed by atoms with Gasteiger partial charge in [0.1, 0.15) is 5.78 Å². The molecule has 0 aromatic rings. The number of likely N-dealkylation sites (tertiary alicyclic amines) is 1. The van der Waals surface area contributed by atoms with Crippen LogP contribution in [0.4, 0.5) is 0 Å². The van der Waals surface area contributed by atoms with Gasteiger partial charge in [-0.25, -0.2) is 0 Å². The van der Waals surface area contributed by atoms with Gasteiger partial charge in [-0.2, -0.15) is 11.8 Å². The van der Waals surface area contributed by atoms with Gasteiger partial charge in [0, 0.05) is 19.5 Å². The number of nitrogens with zero attached hydrogens (tertiary/aromatic N) is 1. The third-order valence-corrected chi connectivity index (χ3v) is 3.25. The third-order valence-electron chi connectivity index (χ3n) is 2.34. The summed E-state index contributed by atoms with van der Waals surface area (Å²) in [4.78, 5) is 24.2. The number of hydrogen-bond donors (Lipinski definition) is 0. The van der Waals surface area contributed by atoms with E-state index in [2.05, 4.69) is 13.2 Å². The van der Waals surface area contributed by atoms with Crippen LogP contribution < -0.4 is 0 Å². The SMILES string of the molecule is CSCC(C)CN1CCC(=O)CC1=O. The van der Waals surface area contributed by atoms with Crippen LogP contribution in [-0.2, 0) is 9.59 Å². The molecule has 0 radical (unpaired) electrons. The molecular weight excluding hydrogens is 198 g/mol. The molecule has 1 amide bonds. The molecule has 14 heavy (non-hydrogen) atoms. The third kappa shape index (κ3) is 3.33. The smallest absolute Gasteiger partial charge is 0.230 e. The van der Waals surface area contributed by atoms with E-state index in [4.69, 9.17) is 0 Å². The van der Waals surface area contributed by atoms with Crippen LogP contribution in [0.2, 0.25) is 0 Å². The number of carbonyl (C=O) groups is 2. The lowest BCUT2D eigenvalue weighted by atomic mass is 10.1. The summed E-state index contributed by atoms with van der Waals surface area (Å²) in [5, 5.41) is 0. The number of rotatable bonds is 4. The minimum Gasteiger partial charge on any atom is -0.342 e. The largest absolute Gasteiger partial charge is 0.342 e. The molecule has 3 nitrogen and oxygen atoms in total. The normalized spacial score (nSPS) is 20.0. The van der Waals surface area contributed by atoms with Crippen molar-refractivity contribution in [3.05, 3.63) is 0 Å². The molecule has 1 saturated heterocycles. The minimum atomic E-state index is 0.00852. The average molecular weight is 215 g/mol. The number of carbonyl (C=O) groups excluding carboxylic acids is 2. The Labute approximate surface area is 89.2 Å². The monoisotopic (exact) mass is 215 g/mol. The predicted molar refractivity (Wildman–Crippen MR) is 58.4 cm³/mol. The number of amides is 1. The summed E-state index contributed by atoms with van der Waals surface area (Å²) in [6.07, 6.45) is 2.72. The van der Waals surface area contributed by atoms with Crippen molar-refractivity contribution in [2.24, 2.45) is 5.92 Å². The number of thioether (sulfide) groups is 1. The predicted octanol–water partition coefficient (Wildman–Crippen LogP) is 1.18. The van der Waals surface area contributed by atoms with Gasteiger partial charge in [-0.3, -0.25) is 9.59 Å². The van der Waals surface area contributed by atoms with Crippen molar-refractivity contribution in [2.45, 2.75) is 19.8 Å². The van der Waals surface area contributed by atoms with Crippen molar-refractivity contribution in [3.63, 3.8) is 0 Å². The Hall–Kier alpha value is -0.510. The molecule has 1 heterocycles. The molecule has 1 rings (SSSR count). The Bertz CT molecular complexity index is 230. The first-order chi connectivity index (χ1) is 6.63. The van der Waals surface area contributed by atoms with E-state index in [1.807, 2.05) is 4.90 Å². The molecule has 80 valence electrons. The topological polar surface area (TPSA) is 37.4 Å². The van der Waals surface area contributed by atoms with Crippen LogP contribution in [0, 0.1) is 5.92 Å². The van der Waals surface area contributed by atoms with Crippen LogP contribution in [0.15, 0.2) is 0 Å². The lowest BCUT2D eigenvalue weighted by Gasteiger charge is -2.28. The van der Waals surface area contributed by atoms with E-state index in [1.165, 1.54) is 0 Å². The van der Waals surface area contributed by atoms with Crippen LogP contribution in [0.5, 0.6) is 0 Å². The van der Waals surface area contributed by atoms with E-state index in [9.17, 15) is 9.59 Å². The number of piperidine rings is 1. The molecule has 0 N–H and O–H groups in total.